The lowest BCUT2D eigenvalue weighted by molar-refractivity contribution is 0.0783. The second-order valence-corrected chi connectivity index (χ2v) is 5.77. The first-order chi connectivity index (χ1) is 9.51. The molecule has 1 atom stereocenters. The molecule has 0 radical (unpaired) electrons. The Morgan fingerprint density at radius 3 is 2.80 bits per heavy atom. The Hall–Kier alpha value is -1.71. The molecule has 0 spiro atoms. The van der Waals surface area contributed by atoms with Gasteiger partial charge >= 0.3 is 0 Å². The van der Waals surface area contributed by atoms with Crippen LogP contribution in [0.15, 0.2) is 18.2 Å². The van der Waals surface area contributed by atoms with Gasteiger partial charge in [-0.2, -0.15) is 0 Å². The lowest BCUT2D eigenvalue weighted by Crippen LogP contribution is -2.29. The highest BCUT2D eigenvalue weighted by Crippen LogP contribution is 2.26. The van der Waals surface area contributed by atoms with Crippen LogP contribution in [0.1, 0.15) is 37.6 Å². The Balaban J connectivity index is 2.13. The van der Waals surface area contributed by atoms with Crippen molar-refractivity contribution >= 4 is 11.6 Å². The van der Waals surface area contributed by atoms with E-state index in [0.29, 0.717) is 35.4 Å². The van der Waals surface area contributed by atoms with E-state index in [2.05, 4.69) is 13.8 Å². The Morgan fingerprint density at radius 1 is 1.45 bits per heavy atom. The molecule has 1 aromatic carbocycles. The molecule has 110 valence electrons. The number of hydrogen-bond acceptors (Lipinski definition) is 3. The molecule has 0 bridgehead atoms. The molecular formula is C16H24N2O2. The third-order valence-electron chi connectivity index (χ3n) is 3.94. The first-order valence-electron chi connectivity index (χ1n) is 7.34. The molecule has 1 aliphatic heterocycles. The second kappa shape index (κ2) is 6.16. The topological polar surface area (TPSA) is 55.6 Å². The minimum atomic E-state index is 0.0569. The zero-order valence-corrected chi connectivity index (χ0v) is 12.6. The van der Waals surface area contributed by atoms with Crippen LogP contribution in [0.25, 0.3) is 0 Å². The van der Waals surface area contributed by atoms with E-state index in [1.165, 1.54) is 0 Å². The van der Waals surface area contributed by atoms with Crippen LogP contribution < -0.4 is 10.5 Å². The Labute approximate surface area is 120 Å². The number of hydrogen-bond donors (Lipinski definition) is 1. The summed E-state index contributed by atoms with van der Waals surface area (Å²) in [5, 5.41) is 0. The van der Waals surface area contributed by atoms with Crippen molar-refractivity contribution in [3.8, 4) is 5.75 Å². The number of anilines is 1. The van der Waals surface area contributed by atoms with Gasteiger partial charge in [-0.05, 0) is 37.3 Å². The van der Waals surface area contributed by atoms with Crippen molar-refractivity contribution in [3.05, 3.63) is 23.8 Å². The first-order valence-corrected chi connectivity index (χ1v) is 7.34. The third kappa shape index (κ3) is 3.24. The summed E-state index contributed by atoms with van der Waals surface area (Å²) in [7, 11) is 0. The number of benzene rings is 1. The van der Waals surface area contributed by atoms with Gasteiger partial charge in [0.1, 0.15) is 5.75 Å². The molecule has 20 heavy (non-hydrogen) atoms. The standard InChI is InChI=1S/C16H24N2O2/c1-4-20-15-8-13(7-14(17)9-15)16(19)18-6-5-12(10-18)11(2)3/h7-9,11-12H,4-6,10,17H2,1-3H3. The SMILES string of the molecule is CCOc1cc(N)cc(C(=O)N2CCC(C(C)C)C2)c1. The maximum absolute atomic E-state index is 12.5. The van der Waals surface area contributed by atoms with Crippen molar-refractivity contribution in [1.29, 1.82) is 0 Å². The summed E-state index contributed by atoms with van der Waals surface area (Å²) >= 11 is 0. The van der Waals surface area contributed by atoms with Gasteiger partial charge in [0.15, 0.2) is 0 Å². The monoisotopic (exact) mass is 276 g/mol. The molecule has 4 heteroatoms. The number of nitrogens with zero attached hydrogens (tertiary/aromatic N) is 1. The highest BCUT2D eigenvalue weighted by molar-refractivity contribution is 5.95. The van der Waals surface area contributed by atoms with Gasteiger partial charge in [0, 0.05) is 30.4 Å². The number of likely N-dealkylation sites (tertiary alicyclic amines) is 1. The van der Waals surface area contributed by atoms with Crippen LogP contribution in [-0.2, 0) is 0 Å². The number of carbonyl (C=O) groups is 1. The quantitative estimate of drug-likeness (QED) is 0.860. The molecule has 1 fully saturated rings. The third-order valence-corrected chi connectivity index (χ3v) is 3.94. The minimum Gasteiger partial charge on any atom is -0.494 e. The van der Waals surface area contributed by atoms with Crippen LogP contribution in [0.3, 0.4) is 0 Å². The number of nitrogens with two attached hydrogens (primary N) is 1. The molecule has 1 aliphatic rings. The van der Waals surface area contributed by atoms with Crippen molar-refractivity contribution < 1.29 is 9.53 Å². The normalized spacial score (nSPS) is 18.6. The molecule has 0 aromatic heterocycles. The van der Waals surface area contributed by atoms with Crippen LogP contribution in [0, 0.1) is 11.8 Å². The molecule has 2 N–H and O–H groups in total. The fraction of sp³-hybridized carbons (Fsp3) is 0.562. The summed E-state index contributed by atoms with van der Waals surface area (Å²) < 4.78 is 5.45. The molecule has 2 rings (SSSR count). The van der Waals surface area contributed by atoms with E-state index in [1.807, 2.05) is 11.8 Å². The average molecular weight is 276 g/mol. The van der Waals surface area contributed by atoms with Crippen molar-refractivity contribution in [2.45, 2.75) is 27.2 Å². The predicted molar refractivity (Wildman–Crippen MR) is 80.9 cm³/mol. The molecule has 0 saturated carbocycles. The molecule has 0 aliphatic carbocycles. The van der Waals surface area contributed by atoms with Crippen molar-refractivity contribution in [2.24, 2.45) is 11.8 Å². The smallest absolute Gasteiger partial charge is 0.254 e. The molecular weight excluding hydrogens is 252 g/mol. The van der Waals surface area contributed by atoms with Crippen molar-refractivity contribution in [3.63, 3.8) is 0 Å². The Kier molecular flexibility index (Phi) is 4.53. The van der Waals surface area contributed by atoms with Crippen molar-refractivity contribution in [2.75, 3.05) is 25.4 Å². The van der Waals surface area contributed by atoms with Crippen LogP contribution in [-0.4, -0.2) is 30.5 Å². The van der Waals surface area contributed by atoms with Crippen LogP contribution >= 0.6 is 0 Å². The van der Waals surface area contributed by atoms with E-state index in [-0.39, 0.29) is 5.91 Å². The summed E-state index contributed by atoms with van der Waals surface area (Å²) in [6.45, 7) is 8.59. The van der Waals surface area contributed by atoms with E-state index in [1.54, 1.807) is 18.2 Å². The molecule has 1 heterocycles. The highest BCUT2D eigenvalue weighted by Gasteiger charge is 2.28. The molecule has 4 nitrogen and oxygen atoms in total. The van der Waals surface area contributed by atoms with Crippen LogP contribution in [0.2, 0.25) is 0 Å². The zero-order chi connectivity index (χ0) is 14.7. The lowest BCUT2D eigenvalue weighted by Gasteiger charge is -2.19. The lowest BCUT2D eigenvalue weighted by atomic mass is 9.95. The van der Waals surface area contributed by atoms with E-state index in [9.17, 15) is 4.79 Å². The summed E-state index contributed by atoms with van der Waals surface area (Å²) in [5.74, 6) is 1.94. The summed E-state index contributed by atoms with van der Waals surface area (Å²) in [6, 6.07) is 5.26. The van der Waals surface area contributed by atoms with E-state index >= 15 is 0 Å². The number of carbonyl (C=O) groups excluding carboxylic acids is 1. The fourth-order valence-electron chi connectivity index (χ4n) is 2.69. The van der Waals surface area contributed by atoms with E-state index in [4.69, 9.17) is 10.5 Å². The second-order valence-electron chi connectivity index (χ2n) is 5.77. The van der Waals surface area contributed by atoms with Crippen LogP contribution in [0.4, 0.5) is 5.69 Å². The van der Waals surface area contributed by atoms with Crippen LogP contribution in [0.5, 0.6) is 5.75 Å². The van der Waals surface area contributed by atoms with Crippen molar-refractivity contribution in [1.82, 2.24) is 4.90 Å². The summed E-state index contributed by atoms with van der Waals surface area (Å²) in [6.07, 6.45) is 1.09. The van der Waals surface area contributed by atoms with E-state index < -0.39 is 0 Å². The largest absolute Gasteiger partial charge is 0.494 e. The van der Waals surface area contributed by atoms with Gasteiger partial charge < -0.3 is 15.4 Å². The Bertz CT molecular complexity index is 485. The van der Waals surface area contributed by atoms with Gasteiger partial charge in [0.05, 0.1) is 6.61 Å². The maximum Gasteiger partial charge on any atom is 0.254 e. The Morgan fingerprint density at radius 2 is 2.20 bits per heavy atom. The zero-order valence-electron chi connectivity index (χ0n) is 12.6. The highest BCUT2D eigenvalue weighted by atomic mass is 16.5. The number of nitrogen functional groups attached to an aromatic ring is 1. The number of rotatable bonds is 4. The van der Waals surface area contributed by atoms with Gasteiger partial charge in [-0.25, -0.2) is 0 Å². The van der Waals surface area contributed by atoms with Gasteiger partial charge in [0.25, 0.3) is 5.91 Å². The van der Waals surface area contributed by atoms with Gasteiger partial charge in [-0.3, -0.25) is 4.79 Å². The minimum absolute atomic E-state index is 0.0569. The predicted octanol–water partition coefficient (Wildman–Crippen LogP) is 2.79. The molecule has 1 unspecified atom stereocenters. The number of ether oxygens (including phenoxy) is 1. The van der Waals surface area contributed by atoms with Gasteiger partial charge in [-0.1, -0.05) is 13.8 Å². The fourth-order valence-corrected chi connectivity index (χ4v) is 2.69. The molecule has 1 amide bonds. The molecule has 1 aromatic rings. The summed E-state index contributed by atoms with van der Waals surface area (Å²) in [4.78, 5) is 14.5. The van der Waals surface area contributed by atoms with Gasteiger partial charge in [-0.15, -0.1) is 0 Å². The number of amides is 1. The van der Waals surface area contributed by atoms with E-state index in [0.717, 1.165) is 19.5 Å². The summed E-state index contributed by atoms with van der Waals surface area (Å²) in [5.41, 5.74) is 7.04. The average Bonchev–Trinajstić information content (AvgIpc) is 2.87. The molecule has 1 saturated heterocycles. The van der Waals surface area contributed by atoms with Gasteiger partial charge in [0.2, 0.25) is 0 Å². The first kappa shape index (κ1) is 14.7. The maximum atomic E-state index is 12.5.